The van der Waals surface area contributed by atoms with Crippen molar-refractivity contribution in [1.29, 1.82) is 0 Å². The molecule has 2 fully saturated rings. The molecule has 94 valence electrons. The highest BCUT2D eigenvalue weighted by Gasteiger charge is 2.44. The Bertz CT molecular complexity index is 211. The molecule has 0 radical (unpaired) electrons. The summed E-state index contributed by atoms with van der Waals surface area (Å²) in [5.74, 6) is 6.44. The van der Waals surface area contributed by atoms with E-state index in [1.807, 2.05) is 7.11 Å². The van der Waals surface area contributed by atoms with Crippen molar-refractivity contribution >= 4 is 0 Å². The Morgan fingerprint density at radius 2 is 1.94 bits per heavy atom. The van der Waals surface area contributed by atoms with Gasteiger partial charge in [0.15, 0.2) is 0 Å². The molecule has 4 nitrogen and oxygen atoms in total. The minimum absolute atomic E-state index is 0.109. The Morgan fingerprint density at radius 3 is 2.44 bits per heavy atom. The van der Waals surface area contributed by atoms with Gasteiger partial charge in [-0.1, -0.05) is 12.8 Å². The van der Waals surface area contributed by atoms with Gasteiger partial charge in [0.05, 0.1) is 11.6 Å². The lowest BCUT2D eigenvalue weighted by molar-refractivity contribution is -0.120. The smallest absolute Gasteiger partial charge is 0.0890 e. The summed E-state index contributed by atoms with van der Waals surface area (Å²) in [4.78, 5) is 0. The van der Waals surface area contributed by atoms with Crippen LogP contribution in [0.2, 0.25) is 0 Å². The molecule has 0 amide bonds. The minimum Gasteiger partial charge on any atom is -0.381 e. The van der Waals surface area contributed by atoms with Gasteiger partial charge < -0.3 is 9.47 Å². The van der Waals surface area contributed by atoms with Crippen molar-refractivity contribution in [3.8, 4) is 0 Å². The molecular formula is C12H24N2O2. The quantitative estimate of drug-likeness (QED) is 0.561. The molecule has 3 N–H and O–H groups in total. The van der Waals surface area contributed by atoms with Gasteiger partial charge in [-0.3, -0.25) is 11.3 Å². The molecule has 0 aromatic carbocycles. The zero-order valence-corrected chi connectivity index (χ0v) is 10.2. The number of hydrazine groups is 1. The van der Waals surface area contributed by atoms with Crippen LogP contribution in [0.25, 0.3) is 0 Å². The zero-order chi connectivity index (χ0) is 11.4. The molecule has 0 spiro atoms. The van der Waals surface area contributed by atoms with Gasteiger partial charge in [-0.25, -0.2) is 0 Å². The molecular weight excluding hydrogens is 204 g/mol. The van der Waals surface area contributed by atoms with Gasteiger partial charge >= 0.3 is 0 Å². The molecule has 1 saturated heterocycles. The molecule has 16 heavy (non-hydrogen) atoms. The molecule has 2 aliphatic rings. The van der Waals surface area contributed by atoms with Crippen LogP contribution in [0, 0.1) is 5.92 Å². The lowest BCUT2D eigenvalue weighted by Gasteiger charge is -2.44. The minimum atomic E-state index is -0.109. The van der Waals surface area contributed by atoms with Crippen molar-refractivity contribution in [1.82, 2.24) is 5.43 Å². The molecule has 1 atom stereocenters. The van der Waals surface area contributed by atoms with E-state index in [4.69, 9.17) is 15.3 Å². The summed E-state index contributed by atoms with van der Waals surface area (Å²) in [7, 11) is 1.81. The summed E-state index contributed by atoms with van der Waals surface area (Å²) in [5.41, 5.74) is 2.92. The highest BCUT2D eigenvalue weighted by Crippen LogP contribution is 2.38. The lowest BCUT2D eigenvalue weighted by Crippen LogP contribution is -2.59. The number of ether oxygens (including phenoxy) is 2. The summed E-state index contributed by atoms with van der Waals surface area (Å²) >= 11 is 0. The van der Waals surface area contributed by atoms with Crippen LogP contribution in [0.4, 0.5) is 0 Å². The van der Waals surface area contributed by atoms with E-state index in [9.17, 15) is 0 Å². The summed E-state index contributed by atoms with van der Waals surface area (Å²) in [6.45, 7) is 1.58. The maximum absolute atomic E-state index is 5.82. The van der Waals surface area contributed by atoms with Crippen molar-refractivity contribution in [2.75, 3.05) is 20.3 Å². The van der Waals surface area contributed by atoms with E-state index in [0.29, 0.717) is 5.92 Å². The molecule has 0 aromatic heterocycles. The van der Waals surface area contributed by atoms with E-state index in [1.54, 1.807) is 0 Å². The Hall–Kier alpha value is -0.160. The third-order valence-electron chi connectivity index (χ3n) is 4.36. The first-order valence-electron chi connectivity index (χ1n) is 6.41. The SMILES string of the molecule is COC1(C(NN)C2CCCC2)CCOCC1. The molecule has 1 saturated carbocycles. The monoisotopic (exact) mass is 228 g/mol. The van der Waals surface area contributed by atoms with Gasteiger partial charge in [0.1, 0.15) is 0 Å². The number of nitrogens with one attached hydrogen (secondary N) is 1. The first-order valence-corrected chi connectivity index (χ1v) is 6.41. The number of methoxy groups -OCH3 is 1. The average Bonchev–Trinajstić information content (AvgIpc) is 2.85. The maximum atomic E-state index is 5.82. The molecule has 0 bridgehead atoms. The van der Waals surface area contributed by atoms with E-state index in [1.165, 1.54) is 25.7 Å². The first-order chi connectivity index (χ1) is 7.82. The van der Waals surface area contributed by atoms with Crippen LogP contribution in [-0.4, -0.2) is 32.0 Å². The van der Waals surface area contributed by atoms with Crippen molar-refractivity contribution in [2.45, 2.75) is 50.2 Å². The fourth-order valence-electron chi connectivity index (χ4n) is 3.37. The van der Waals surface area contributed by atoms with E-state index in [0.717, 1.165) is 26.1 Å². The zero-order valence-electron chi connectivity index (χ0n) is 10.2. The third-order valence-corrected chi connectivity index (χ3v) is 4.36. The molecule has 4 heteroatoms. The standard InChI is InChI=1S/C12H24N2O2/c1-15-12(6-8-16-9-7-12)11(14-13)10-4-2-3-5-10/h10-11,14H,2-9,13H2,1H3. The predicted octanol–water partition coefficient (Wildman–Crippen LogP) is 1.20. The average molecular weight is 228 g/mol. The first kappa shape index (κ1) is 12.3. The van der Waals surface area contributed by atoms with E-state index in [-0.39, 0.29) is 11.6 Å². The fraction of sp³-hybridized carbons (Fsp3) is 1.00. The Balaban J connectivity index is 2.08. The topological polar surface area (TPSA) is 56.5 Å². The van der Waals surface area contributed by atoms with Crippen molar-refractivity contribution in [3.63, 3.8) is 0 Å². The summed E-state index contributed by atoms with van der Waals surface area (Å²) < 4.78 is 11.3. The highest BCUT2D eigenvalue weighted by molar-refractivity contribution is 4.98. The van der Waals surface area contributed by atoms with Gasteiger partial charge in [0, 0.05) is 33.2 Å². The second-order valence-corrected chi connectivity index (χ2v) is 5.07. The van der Waals surface area contributed by atoms with Crippen LogP contribution in [-0.2, 0) is 9.47 Å². The molecule has 1 unspecified atom stereocenters. The van der Waals surface area contributed by atoms with E-state index >= 15 is 0 Å². The Morgan fingerprint density at radius 1 is 1.31 bits per heavy atom. The Labute approximate surface area is 97.8 Å². The van der Waals surface area contributed by atoms with Gasteiger partial charge in [0.2, 0.25) is 0 Å². The summed E-state index contributed by atoms with van der Waals surface area (Å²) in [6, 6.07) is 0.281. The molecule has 2 rings (SSSR count). The molecule has 0 aromatic rings. The second kappa shape index (κ2) is 5.45. The van der Waals surface area contributed by atoms with Crippen LogP contribution in [0.1, 0.15) is 38.5 Å². The largest absolute Gasteiger partial charge is 0.381 e. The van der Waals surface area contributed by atoms with Crippen molar-refractivity contribution in [2.24, 2.45) is 11.8 Å². The fourth-order valence-corrected chi connectivity index (χ4v) is 3.37. The number of nitrogens with two attached hydrogens (primary N) is 1. The Kier molecular flexibility index (Phi) is 4.19. The predicted molar refractivity (Wildman–Crippen MR) is 62.9 cm³/mol. The van der Waals surface area contributed by atoms with Crippen LogP contribution >= 0.6 is 0 Å². The van der Waals surface area contributed by atoms with E-state index < -0.39 is 0 Å². The van der Waals surface area contributed by atoms with Crippen molar-refractivity contribution < 1.29 is 9.47 Å². The van der Waals surface area contributed by atoms with Crippen LogP contribution < -0.4 is 11.3 Å². The summed E-state index contributed by atoms with van der Waals surface area (Å²) in [6.07, 6.45) is 7.13. The third kappa shape index (κ3) is 2.25. The number of rotatable bonds is 4. The van der Waals surface area contributed by atoms with Gasteiger partial charge in [-0.2, -0.15) is 0 Å². The van der Waals surface area contributed by atoms with Crippen molar-refractivity contribution in [3.05, 3.63) is 0 Å². The van der Waals surface area contributed by atoms with Crippen LogP contribution in [0.3, 0.4) is 0 Å². The number of hydrogen-bond acceptors (Lipinski definition) is 4. The maximum Gasteiger partial charge on any atom is 0.0890 e. The lowest BCUT2D eigenvalue weighted by atomic mass is 9.78. The van der Waals surface area contributed by atoms with Gasteiger partial charge in [-0.05, 0) is 18.8 Å². The van der Waals surface area contributed by atoms with Crippen LogP contribution in [0.15, 0.2) is 0 Å². The normalized spacial score (nSPS) is 28.1. The second-order valence-electron chi connectivity index (χ2n) is 5.07. The molecule has 1 aliphatic heterocycles. The van der Waals surface area contributed by atoms with E-state index in [2.05, 4.69) is 5.43 Å². The molecule has 1 aliphatic carbocycles. The highest BCUT2D eigenvalue weighted by atomic mass is 16.5. The van der Waals surface area contributed by atoms with Gasteiger partial charge in [-0.15, -0.1) is 0 Å². The summed E-state index contributed by atoms with van der Waals surface area (Å²) in [5, 5.41) is 0. The molecule has 1 heterocycles. The van der Waals surface area contributed by atoms with Gasteiger partial charge in [0.25, 0.3) is 0 Å². The number of hydrogen-bond donors (Lipinski definition) is 2. The van der Waals surface area contributed by atoms with Crippen LogP contribution in [0.5, 0.6) is 0 Å².